The Morgan fingerprint density at radius 2 is 1.85 bits per heavy atom. The van der Waals surface area contributed by atoms with E-state index in [9.17, 15) is 23.4 Å². The zero-order chi connectivity index (χ0) is 29.0. The largest absolute Gasteiger partial charge is 0.394 e. The lowest BCUT2D eigenvalue weighted by Gasteiger charge is -2.45. The second-order valence-corrected chi connectivity index (χ2v) is 16.4. The van der Waals surface area contributed by atoms with Crippen LogP contribution in [0, 0.1) is 22.7 Å². The number of benzene rings is 1. The Bertz CT molecular complexity index is 1240. The molecule has 2 heterocycles. The number of sulfonamides is 1. The number of carbonyl (C=O) groups is 1. The van der Waals surface area contributed by atoms with E-state index in [1.807, 2.05) is 0 Å². The number of aliphatic hydroxyl groups excluding tert-OH is 2. The summed E-state index contributed by atoms with van der Waals surface area (Å²) in [5.41, 5.74) is 2.34. The number of aryl methyl sites for hydroxylation is 1. The van der Waals surface area contributed by atoms with Crippen molar-refractivity contribution in [3.05, 3.63) is 35.4 Å². The van der Waals surface area contributed by atoms with E-state index < -0.39 is 21.5 Å². The zero-order valence-electron chi connectivity index (χ0n) is 24.9. The molecule has 1 unspecified atom stereocenters. The van der Waals surface area contributed by atoms with Crippen LogP contribution in [0.1, 0.15) is 76.3 Å². The number of amides is 1. The van der Waals surface area contributed by atoms with E-state index in [0.717, 1.165) is 64.3 Å². The Labute approximate surface area is 245 Å². The molecular formula is C32H49N3O5S. The van der Waals surface area contributed by atoms with Crippen molar-refractivity contribution < 1.29 is 23.4 Å². The zero-order valence-corrected chi connectivity index (χ0v) is 25.7. The maximum absolute atomic E-state index is 14.1. The van der Waals surface area contributed by atoms with E-state index in [1.165, 1.54) is 11.1 Å². The molecule has 6 rings (SSSR count). The number of aliphatic hydroxyl groups is 2. The van der Waals surface area contributed by atoms with Crippen LogP contribution in [-0.4, -0.2) is 91.0 Å². The van der Waals surface area contributed by atoms with E-state index >= 15 is 0 Å². The number of hydrogen-bond acceptors (Lipinski definition) is 6. The van der Waals surface area contributed by atoms with E-state index in [-0.39, 0.29) is 41.1 Å². The minimum Gasteiger partial charge on any atom is -0.394 e. The van der Waals surface area contributed by atoms with Crippen molar-refractivity contribution in [1.82, 2.24) is 14.5 Å². The molecule has 1 aromatic carbocycles. The molecule has 1 aromatic rings. The number of rotatable bonds is 8. The summed E-state index contributed by atoms with van der Waals surface area (Å²) in [5, 5.41) is 22.5. The van der Waals surface area contributed by atoms with Gasteiger partial charge in [0.1, 0.15) is 0 Å². The van der Waals surface area contributed by atoms with E-state index in [0.29, 0.717) is 32.1 Å². The summed E-state index contributed by atoms with van der Waals surface area (Å²) in [4.78, 5) is 15.6. The molecule has 5 atom stereocenters. The van der Waals surface area contributed by atoms with Crippen molar-refractivity contribution in [2.45, 2.75) is 89.2 Å². The molecule has 0 aromatic heterocycles. The molecule has 1 amide bonds. The third kappa shape index (κ3) is 5.07. The predicted octanol–water partition coefficient (Wildman–Crippen LogP) is 2.67. The average molecular weight is 588 g/mol. The van der Waals surface area contributed by atoms with Gasteiger partial charge in [-0.2, -0.15) is 0 Å². The fraction of sp³-hybridized carbons (Fsp3) is 0.781. The van der Waals surface area contributed by atoms with Gasteiger partial charge in [-0.15, -0.1) is 0 Å². The van der Waals surface area contributed by atoms with Gasteiger partial charge in [0.05, 0.1) is 24.4 Å². The normalized spacial score (nSPS) is 33.6. The van der Waals surface area contributed by atoms with Crippen LogP contribution in [0.2, 0.25) is 0 Å². The lowest BCUT2D eigenvalue weighted by molar-refractivity contribution is -0.128. The summed E-state index contributed by atoms with van der Waals surface area (Å²) in [5.74, 6) is 0.346. The van der Waals surface area contributed by atoms with Crippen LogP contribution < -0.4 is 5.32 Å². The lowest BCUT2D eigenvalue weighted by Crippen LogP contribution is -2.56. The summed E-state index contributed by atoms with van der Waals surface area (Å²) in [6, 6.07) is 8.55. The third-order valence-corrected chi connectivity index (χ3v) is 14.3. The Morgan fingerprint density at radius 1 is 1.10 bits per heavy atom. The minimum absolute atomic E-state index is 0.0122. The van der Waals surface area contributed by atoms with Gasteiger partial charge in [-0.05, 0) is 92.2 Å². The van der Waals surface area contributed by atoms with Crippen molar-refractivity contribution in [2.24, 2.45) is 22.7 Å². The first-order valence-electron chi connectivity index (χ1n) is 15.9. The summed E-state index contributed by atoms with van der Waals surface area (Å²) in [6.45, 7) is 7.06. The first-order valence-corrected chi connectivity index (χ1v) is 17.5. The van der Waals surface area contributed by atoms with Crippen LogP contribution in [-0.2, 0) is 26.7 Å². The highest BCUT2D eigenvalue weighted by atomic mass is 32.2. The second kappa shape index (κ2) is 10.9. The summed E-state index contributed by atoms with van der Waals surface area (Å²) in [6.07, 6.45) is 7.52. The van der Waals surface area contributed by atoms with Crippen LogP contribution >= 0.6 is 0 Å². The van der Waals surface area contributed by atoms with Gasteiger partial charge >= 0.3 is 0 Å². The van der Waals surface area contributed by atoms with E-state index in [4.69, 9.17) is 0 Å². The summed E-state index contributed by atoms with van der Waals surface area (Å²) >= 11 is 0. The third-order valence-electron chi connectivity index (χ3n) is 12.3. The Balaban J connectivity index is 1.14. The SMILES string of the molecule is CC1(C)[C@H]2CC[C@]1(CS(=O)(=O)N1CCC3(CCc4ccccc43)CC1)C(NC(=O)[C@@H]1CCCN(C[C@H](O)CO)C1)C2. The number of piperidine rings is 2. The van der Waals surface area contributed by atoms with E-state index in [2.05, 4.69) is 48.3 Å². The fourth-order valence-electron chi connectivity index (χ4n) is 9.60. The molecule has 2 saturated heterocycles. The molecule has 1 spiro atoms. The number of hydrogen-bond donors (Lipinski definition) is 3. The van der Waals surface area contributed by atoms with Gasteiger partial charge in [-0.25, -0.2) is 12.7 Å². The molecular weight excluding hydrogens is 538 g/mol. The molecule has 3 aliphatic carbocycles. The highest BCUT2D eigenvalue weighted by Gasteiger charge is 2.66. The first-order chi connectivity index (χ1) is 19.5. The van der Waals surface area contributed by atoms with Gasteiger partial charge in [-0.3, -0.25) is 9.69 Å². The number of carbonyl (C=O) groups excluding carboxylic acids is 1. The van der Waals surface area contributed by atoms with Gasteiger partial charge in [0.25, 0.3) is 0 Å². The molecule has 2 bridgehead atoms. The van der Waals surface area contributed by atoms with Crippen LogP contribution in [0.5, 0.6) is 0 Å². The molecule has 5 aliphatic rings. The van der Waals surface area contributed by atoms with Crippen LogP contribution in [0.4, 0.5) is 0 Å². The minimum atomic E-state index is -3.50. The van der Waals surface area contributed by atoms with Crippen LogP contribution in [0.3, 0.4) is 0 Å². The number of fused-ring (bicyclic) bond motifs is 4. The van der Waals surface area contributed by atoms with Crippen LogP contribution in [0.15, 0.2) is 24.3 Å². The number of nitrogens with one attached hydrogen (secondary N) is 1. The molecule has 41 heavy (non-hydrogen) atoms. The molecule has 4 fully saturated rings. The Kier molecular flexibility index (Phi) is 7.84. The molecule has 3 N–H and O–H groups in total. The van der Waals surface area contributed by atoms with Gasteiger partial charge in [0, 0.05) is 37.6 Å². The summed E-state index contributed by atoms with van der Waals surface area (Å²) < 4.78 is 30.0. The number of β-amino-alcohol motifs (C(OH)–C–C–N with tert-alkyl or cyclic N) is 1. The Morgan fingerprint density at radius 3 is 2.59 bits per heavy atom. The molecule has 2 aliphatic heterocycles. The van der Waals surface area contributed by atoms with Gasteiger partial charge in [-0.1, -0.05) is 38.1 Å². The topological polar surface area (TPSA) is 110 Å². The first kappa shape index (κ1) is 29.5. The molecule has 2 saturated carbocycles. The molecule has 9 heteroatoms. The van der Waals surface area contributed by atoms with Crippen molar-refractivity contribution >= 4 is 15.9 Å². The van der Waals surface area contributed by atoms with Gasteiger partial charge in [0.15, 0.2) is 0 Å². The second-order valence-electron chi connectivity index (χ2n) is 14.4. The lowest BCUT2D eigenvalue weighted by atomic mass is 9.69. The van der Waals surface area contributed by atoms with Crippen LogP contribution in [0.25, 0.3) is 0 Å². The van der Waals surface area contributed by atoms with Gasteiger partial charge in [0.2, 0.25) is 15.9 Å². The summed E-state index contributed by atoms with van der Waals surface area (Å²) in [7, 11) is -3.50. The van der Waals surface area contributed by atoms with Crippen molar-refractivity contribution in [2.75, 3.05) is 45.1 Å². The molecule has 228 valence electrons. The van der Waals surface area contributed by atoms with E-state index in [1.54, 1.807) is 4.31 Å². The average Bonchev–Trinajstić information content (AvgIpc) is 3.49. The van der Waals surface area contributed by atoms with Crippen molar-refractivity contribution in [3.8, 4) is 0 Å². The number of nitrogens with zero attached hydrogens (tertiary/aromatic N) is 2. The fourth-order valence-corrected chi connectivity index (χ4v) is 11.9. The Hall–Kier alpha value is -1.52. The monoisotopic (exact) mass is 587 g/mol. The van der Waals surface area contributed by atoms with Gasteiger partial charge < -0.3 is 15.5 Å². The quantitative estimate of drug-likeness (QED) is 0.432. The maximum Gasteiger partial charge on any atom is 0.224 e. The standard InChI is InChI=1S/C32H49N3O5S/c1-30(2)25-10-12-32(30,28(18-25)33-29(38)24-7-5-15-34(19-24)20-26(37)21-36)22-41(39,40)35-16-13-31(14-17-35)11-9-23-6-3-4-8-27(23)31/h3-4,6,8,24-26,28,36-37H,5,7,9-22H2,1-2H3,(H,33,38)/t24-,25+,26+,28?,32+/m1/s1. The molecule has 8 nitrogen and oxygen atoms in total. The number of likely N-dealkylation sites (tertiary alicyclic amines) is 1. The highest BCUT2D eigenvalue weighted by molar-refractivity contribution is 7.89. The highest BCUT2D eigenvalue weighted by Crippen LogP contribution is 2.66. The predicted molar refractivity (Wildman–Crippen MR) is 159 cm³/mol. The molecule has 0 radical (unpaired) electrons. The maximum atomic E-state index is 14.1. The van der Waals surface area contributed by atoms with Crippen molar-refractivity contribution in [1.29, 1.82) is 0 Å². The van der Waals surface area contributed by atoms with Crippen molar-refractivity contribution in [3.63, 3.8) is 0 Å². The smallest absolute Gasteiger partial charge is 0.224 e.